The van der Waals surface area contributed by atoms with Gasteiger partial charge in [-0.05, 0) is 19.3 Å². The van der Waals surface area contributed by atoms with Gasteiger partial charge in [0.15, 0.2) is 12.6 Å². The molecule has 444 valence electrons. The Labute approximate surface area is 456 Å². The molecule has 2 aliphatic rings. The summed E-state index contributed by atoms with van der Waals surface area (Å²) in [5, 5.41) is 87.0. The van der Waals surface area contributed by atoms with E-state index < -0.39 is 86.8 Å². The first-order chi connectivity index (χ1) is 36.6. The molecule has 14 nitrogen and oxygen atoms in total. The molecule has 75 heavy (non-hydrogen) atoms. The van der Waals surface area contributed by atoms with Crippen molar-refractivity contribution in [1.82, 2.24) is 5.32 Å². The number of aliphatic hydroxyl groups excluding tert-OH is 8. The Balaban J connectivity index is 1.64. The van der Waals surface area contributed by atoms with Gasteiger partial charge in [0.25, 0.3) is 0 Å². The summed E-state index contributed by atoms with van der Waals surface area (Å²) in [5.74, 6) is -0.238. The number of carbonyl (C=O) groups excluding carboxylic acids is 1. The second-order valence-corrected chi connectivity index (χ2v) is 22.6. The van der Waals surface area contributed by atoms with Crippen molar-refractivity contribution in [2.45, 2.75) is 351 Å². The molecule has 12 unspecified atom stereocenters. The van der Waals surface area contributed by atoms with Crippen molar-refractivity contribution in [3.63, 3.8) is 0 Å². The predicted molar refractivity (Wildman–Crippen MR) is 300 cm³/mol. The highest BCUT2D eigenvalue weighted by molar-refractivity contribution is 5.76. The lowest BCUT2D eigenvalue weighted by molar-refractivity contribution is -0.359. The minimum absolute atomic E-state index is 0.238. The quantitative estimate of drug-likeness (QED) is 0.0204. The van der Waals surface area contributed by atoms with E-state index in [-0.39, 0.29) is 18.9 Å². The molecular formula is C61H117NO13. The van der Waals surface area contributed by atoms with Crippen molar-refractivity contribution < 1.29 is 64.6 Å². The van der Waals surface area contributed by atoms with Gasteiger partial charge in [-0.1, -0.05) is 264 Å². The van der Waals surface area contributed by atoms with Gasteiger partial charge >= 0.3 is 0 Å². The molecule has 0 aromatic carbocycles. The molecule has 9 N–H and O–H groups in total. The maximum absolute atomic E-state index is 13.2. The van der Waals surface area contributed by atoms with Gasteiger partial charge in [0.2, 0.25) is 5.91 Å². The van der Waals surface area contributed by atoms with E-state index >= 15 is 0 Å². The van der Waals surface area contributed by atoms with E-state index in [4.69, 9.17) is 18.9 Å². The molecule has 2 rings (SSSR count). The average Bonchev–Trinajstić information content (AvgIpc) is 3.41. The topological polar surface area (TPSA) is 228 Å². The summed E-state index contributed by atoms with van der Waals surface area (Å²) >= 11 is 0. The van der Waals surface area contributed by atoms with Crippen molar-refractivity contribution in [3.05, 3.63) is 12.2 Å². The molecule has 0 radical (unpaired) electrons. The summed E-state index contributed by atoms with van der Waals surface area (Å²) in [4.78, 5) is 13.2. The summed E-state index contributed by atoms with van der Waals surface area (Å²) in [7, 11) is 0. The lowest BCUT2D eigenvalue weighted by atomic mass is 9.97. The van der Waals surface area contributed by atoms with Crippen molar-refractivity contribution in [2.75, 3.05) is 19.8 Å². The van der Waals surface area contributed by atoms with Crippen LogP contribution in [0.1, 0.15) is 277 Å². The number of amides is 1. The number of aliphatic hydroxyl groups is 8. The molecule has 0 spiro atoms. The first kappa shape index (κ1) is 69.8. The highest BCUT2D eigenvalue weighted by Crippen LogP contribution is 2.30. The fourth-order valence-electron chi connectivity index (χ4n) is 10.6. The van der Waals surface area contributed by atoms with Crippen LogP contribution in [0.25, 0.3) is 0 Å². The van der Waals surface area contributed by atoms with Crippen LogP contribution in [-0.4, -0.2) is 140 Å². The zero-order valence-corrected chi connectivity index (χ0v) is 47.8. The lowest BCUT2D eigenvalue weighted by Gasteiger charge is -2.46. The summed E-state index contributed by atoms with van der Waals surface area (Å²) in [6, 6.07) is -0.908. The first-order valence-electron chi connectivity index (χ1n) is 31.4. The van der Waals surface area contributed by atoms with E-state index in [2.05, 4.69) is 19.2 Å². The van der Waals surface area contributed by atoms with Crippen molar-refractivity contribution in [2.24, 2.45) is 0 Å². The molecule has 2 saturated heterocycles. The van der Waals surface area contributed by atoms with Crippen LogP contribution < -0.4 is 5.32 Å². The van der Waals surface area contributed by atoms with Gasteiger partial charge < -0.3 is 65.1 Å². The summed E-state index contributed by atoms with van der Waals surface area (Å²) in [6.07, 6.45) is 38.6. The van der Waals surface area contributed by atoms with Crippen LogP contribution in [0.2, 0.25) is 0 Å². The van der Waals surface area contributed by atoms with Crippen LogP contribution in [-0.2, 0) is 23.7 Å². The molecule has 0 aromatic rings. The second kappa shape index (κ2) is 47.5. The normalized spacial score (nSPS) is 25.0. The van der Waals surface area contributed by atoms with Crippen molar-refractivity contribution in [3.8, 4) is 0 Å². The van der Waals surface area contributed by atoms with Crippen LogP contribution in [0, 0.1) is 0 Å². The van der Waals surface area contributed by atoms with E-state index in [1.165, 1.54) is 212 Å². The second-order valence-electron chi connectivity index (χ2n) is 22.6. The van der Waals surface area contributed by atoms with Crippen molar-refractivity contribution in [1.29, 1.82) is 0 Å². The Morgan fingerprint density at radius 3 is 1.23 bits per heavy atom. The number of hydrogen-bond donors (Lipinski definition) is 9. The Bertz CT molecular complexity index is 1310. The number of nitrogens with one attached hydrogen (secondary N) is 1. The molecule has 12 atom stereocenters. The number of hydrogen-bond acceptors (Lipinski definition) is 13. The largest absolute Gasteiger partial charge is 0.394 e. The summed E-state index contributed by atoms with van der Waals surface area (Å²) in [6.45, 7) is 2.80. The predicted octanol–water partition coefficient (Wildman–Crippen LogP) is 11.1. The van der Waals surface area contributed by atoms with Gasteiger partial charge in [-0.15, -0.1) is 0 Å². The van der Waals surface area contributed by atoms with Crippen LogP contribution in [0.4, 0.5) is 0 Å². The molecule has 0 aromatic heterocycles. The molecule has 1 amide bonds. The number of carbonyl (C=O) groups is 1. The zero-order chi connectivity index (χ0) is 54.6. The Morgan fingerprint density at radius 1 is 0.467 bits per heavy atom. The van der Waals surface area contributed by atoms with Gasteiger partial charge in [-0.25, -0.2) is 0 Å². The lowest BCUT2D eigenvalue weighted by Crippen LogP contribution is -2.65. The monoisotopic (exact) mass is 1070 g/mol. The maximum atomic E-state index is 13.2. The Hall–Kier alpha value is -1.27. The number of rotatable bonds is 51. The third-order valence-corrected chi connectivity index (χ3v) is 15.7. The van der Waals surface area contributed by atoms with Crippen LogP contribution in [0.3, 0.4) is 0 Å². The van der Waals surface area contributed by atoms with Gasteiger partial charge in [0.05, 0.1) is 32.0 Å². The molecule has 2 aliphatic heterocycles. The molecule has 0 aliphatic carbocycles. The average molecular weight is 1070 g/mol. The highest BCUT2D eigenvalue weighted by atomic mass is 16.7. The standard InChI is InChI=1S/C61H117NO13/c1-3-5-7-9-11-13-15-16-17-18-19-20-21-22-23-24-25-26-27-28-29-30-31-32-33-34-35-36-38-40-42-44-50(65)49(62-53(66)45-43-41-39-37-14-12-10-8-6-4-2)48-72-60-58(71)56(69)59(52(47-64)74-60)75-61-57(70)55(68)54(67)51(46-63)73-61/h42,44,49-52,54-61,63-65,67-71H,3-41,43,45-48H2,1-2H3,(H,62,66)/b44-42+. The van der Waals surface area contributed by atoms with Crippen molar-refractivity contribution >= 4 is 5.91 Å². The molecule has 2 heterocycles. The zero-order valence-electron chi connectivity index (χ0n) is 47.8. The van der Waals surface area contributed by atoms with Gasteiger partial charge in [0.1, 0.15) is 48.8 Å². The molecule has 14 heteroatoms. The third-order valence-electron chi connectivity index (χ3n) is 15.7. The van der Waals surface area contributed by atoms with E-state index in [1.54, 1.807) is 6.08 Å². The van der Waals surface area contributed by atoms with E-state index in [0.717, 1.165) is 38.5 Å². The van der Waals surface area contributed by atoms with Crippen LogP contribution in [0.5, 0.6) is 0 Å². The Morgan fingerprint density at radius 2 is 0.827 bits per heavy atom. The van der Waals surface area contributed by atoms with E-state index in [1.807, 2.05) is 6.08 Å². The van der Waals surface area contributed by atoms with Gasteiger partial charge in [-0.3, -0.25) is 4.79 Å². The highest BCUT2D eigenvalue weighted by Gasteiger charge is 2.51. The number of ether oxygens (including phenoxy) is 4. The van der Waals surface area contributed by atoms with Gasteiger partial charge in [-0.2, -0.15) is 0 Å². The van der Waals surface area contributed by atoms with Crippen LogP contribution in [0.15, 0.2) is 12.2 Å². The fraction of sp³-hybridized carbons (Fsp3) is 0.951. The summed E-state index contributed by atoms with van der Waals surface area (Å²) < 4.78 is 22.7. The molecule has 0 saturated carbocycles. The third kappa shape index (κ3) is 33.2. The molecule has 2 fully saturated rings. The first-order valence-corrected chi connectivity index (χ1v) is 31.4. The maximum Gasteiger partial charge on any atom is 0.220 e. The number of allylic oxidation sites excluding steroid dienone is 1. The summed E-state index contributed by atoms with van der Waals surface area (Å²) in [5.41, 5.74) is 0. The van der Waals surface area contributed by atoms with Gasteiger partial charge in [0, 0.05) is 6.42 Å². The fourth-order valence-corrected chi connectivity index (χ4v) is 10.6. The molecular weight excluding hydrogens is 955 g/mol. The van der Waals surface area contributed by atoms with E-state index in [0.29, 0.717) is 6.42 Å². The smallest absolute Gasteiger partial charge is 0.220 e. The minimum Gasteiger partial charge on any atom is -0.394 e. The minimum atomic E-state index is -1.78. The van der Waals surface area contributed by atoms with Crippen LogP contribution >= 0.6 is 0 Å². The SMILES string of the molecule is CCCCCCCCCCCCCCCCCCCCCCCCCCCCCCC/C=C/C(O)C(COC1OC(CO)C(OC2OC(CO)C(O)C(O)C2O)C(O)C1O)NC(=O)CCCCCCCCCCCC. The number of unbranched alkanes of at least 4 members (excludes halogenated alkanes) is 38. The molecule has 0 bridgehead atoms. The Kier molecular flexibility index (Phi) is 44.3. The van der Waals surface area contributed by atoms with E-state index in [9.17, 15) is 45.6 Å².